The molecule has 2 fully saturated rings. The first kappa shape index (κ1) is 22.6. The van der Waals surface area contributed by atoms with Crippen LogP contribution >= 0.6 is 11.8 Å². The third-order valence-corrected chi connectivity index (χ3v) is 8.98. The summed E-state index contributed by atoms with van der Waals surface area (Å²) < 4.78 is 29.0. The number of amides is 1. The number of aryl methyl sites for hydroxylation is 1. The molecule has 8 heteroatoms. The van der Waals surface area contributed by atoms with Crippen LogP contribution in [-0.2, 0) is 20.8 Å². The number of thioether (sulfide) groups is 1. The van der Waals surface area contributed by atoms with Crippen molar-refractivity contribution in [2.45, 2.75) is 50.8 Å². The van der Waals surface area contributed by atoms with Gasteiger partial charge in [-0.1, -0.05) is 49.1 Å². The lowest BCUT2D eigenvalue weighted by Crippen LogP contribution is -2.55. The van der Waals surface area contributed by atoms with Crippen LogP contribution in [0.15, 0.2) is 24.3 Å². The molecule has 0 atom stereocenters. The predicted octanol–water partition coefficient (Wildman–Crippen LogP) is 2.88. The molecule has 0 radical (unpaired) electrons. The van der Waals surface area contributed by atoms with Crippen LogP contribution in [0.1, 0.15) is 43.2 Å². The minimum Gasteiger partial charge on any atom is -0.339 e. The molecule has 1 saturated heterocycles. The minimum absolute atomic E-state index is 0.0975. The molecule has 2 aliphatic rings. The lowest BCUT2D eigenvalue weighted by Gasteiger charge is -2.38. The van der Waals surface area contributed by atoms with Crippen LogP contribution in [0.25, 0.3) is 0 Å². The van der Waals surface area contributed by atoms with Crippen LogP contribution < -0.4 is 0 Å². The van der Waals surface area contributed by atoms with Crippen molar-refractivity contribution in [2.24, 2.45) is 0 Å². The average molecular weight is 440 g/mol. The maximum absolute atomic E-state index is 13.0. The van der Waals surface area contributed by atoms with Crippen molar-refractivity contribution in [3.63, 3.8) is 0 Å². The molecule has 162 valence electrons. The Balaban J connectivity index is 1.44. The first-order valence-electron chi connectivity index (χ1n) is 10.5. The third kappa shape index (κ3) is 5.96. The third-order valence-electron chi connectivity index (χ3n) is 5.95. The Morgan fingerprint density at radius 1 is 1.14 bits per heavy atom. The molecule has 0 aromatic heterocycles. The molecular weight excluding hydrogens is 406 g/mol. The van der Waals surface area contributed by atoms with Gasteiger partial charge in [0.2, 0.25) is 5.91 Å². The summed E-state index contributed by atoms with van der Waals surface area (Å²) in [5, 5.41) is 0. The number of hydrogen-bond donors (Lipinski definition) is 0. The van der Waals surface area contributed by atoms with Gasteiger partial charge in [0.05, 0.1) is 5.75 Å². The molecule has 1 aliphatic heterocycles. The number of hydrogen-bond acceptors (Lipinski definition) is 4. The van der Waals surface area contributed by atoms with E-state index in [1.807, 2.05) is 6.07 Å². The second kappa shape index (κ2) is 10.3. The highest BCUT2D eigenvalue weighted by Gasteiger charge is 2.35. The lowest BCUT2D eigenvalue weighted by molar-refractivity contribution is -0.129. The normalized spacial score (nSPS) is 19.6. The van der Waals surface area contributed by atoms with Crippen LogP contribution in [0.4, 0.5) is 0 Å². The van der Waals surface area contributed by atoms with Crippen molar-refractivity contribution in [1.29, 1.82) is 0 Å². The number of nitrogens with zero attached hydrogens (tertiary/aromatic N) is 3. The number of benzene rings is 1. The van der Waals surface area contributed by atoms with E-state index in [-0.39, 0.29) is 11.9 Å². The molecule has 29 heavy (non-hydrogen) atoms. The predicted molar refractivity (Wildman–Crippen MR) is 119 cm³/mol. The van der Waals surface area contributed by atoms with Gasteiger partial charge in [0.1, 0.15) is 0 Å². The summed E-state index contributed by atoms with van der Waals surface area (Å²) in [7, 11) is -1.73. The molecule has 0 bridgehead atoms. The topological polar surface area (TPSA) is 60.9 Å². The van der Waals surface area contributed by atoms with E-state index in [2.05, 4.69) is 25.1 Å². The smallest absolute Gasteiger partial charge is 0.282 e. The Bertz CT molecular complexity index is 786. The first-order chi connectivity index (χ1) is 13.9. The van der Waals surface area contributed by atoms with Gasteiger partial charge in [-0.15, -0.1) is 11.8 Å². The van der Waals surface area contributed by atoms with Gasteiger partial charge in [-0.2, -0.15) is 17.0 Å². The summed E-state index contributed by atoms with van der Waals surface area (Å²) in [6.45, 7) is 3.78. The standard InChI is InChI=1S/C21H33N3O3S2/c1-18-7-6-8-19(15-18)16-28-17-21(25)23-11-13-24(14-12-23)29(26,27)22(2)20-9-4-3-5-10-20/h6-8,15,20H,3-5,9-14,16-17H2,1-2H3. The fourth-order valence-electron chi connectivity index (χ4n) is 4.13. The van der Waals surface area contributed by atoms with Crippen LogP contribution in [-0.4, -0.2) is 72.9 Å². The van der Waals surface area contributed by atoms with E-state index >= 15 is 0 Å². The molecule has 0 unspecified atom stereocenters. The van der Waals surface area contributed by atoms with Crippen LogP contribution in [0.5, 0.6) is 0 Å². The second-order valence-electron chi connectivity index (χ2n) is 8.08. The first-order valence-corrected chi connectivity index (χ1v) is 13.1. The Morgan fingerprint density at radius 2 is 1.83 bits per heavy atom. The van der Waals surface area contributed by atoms with E-state index in [9.17, 15) is 13.2 Å². The highest BCUT2D eigenvalue weighted by Crippen LogP contribution is 2.25. The summed E-state index contributed by atoms with van der Waals surface area (Å²) in [5.41, 5.74) is 2.45. The van der Waals surface area contributed by atoms with Crippen LogP contribution in [0.3, 0.4) is 0 Å². The number of rotatable bonds is 7. The highest BCUT2D eigenvalue weighted by molar-refractivity contribution is 7.99. The van der Waals surface area contributed by atoms with Gasteiger partial charge in [0.15, 0.2) is 0 Å². The Hall–Kier alpha value is -1.09. The van der Waals surface area contributed by atoms with E-state index in [0.29, 0.717) is 31.9 Å². The Kier molecular flexibility index (Phi) is 8.01. The molecule has 0 N–H and O–H groups in total. The van der Waals surface area contributed by atoms with Crippen LogP contribution in [0.2, 0.25) is 0 Å². The molecule has 0 spiro atoms. The SMILES string of the molecule is Cc1cccc(CSCC(=O)N2CCN(S(=O)(=O)N(C)C3CCCCC3)CC2)c1. The van der Waals surface area contributed by atoms with Gasteiger partial charge in [-0.05, 0) is 25.3 Å². The van der Waals surface area contributed by atoms with Gasteiger partial charge in [0, 0.05) is 45.0 Å². The van der Waals surface area contributed by atoms with Crippen molar-refractivity contribution < 1.29 is 13.2 Å². The second-order valence-corrected chi connectivity index (χ2v) is 11.1. The van der Waals surface area contributed by atoms with E-state index in [0.717, 1.165) is 31.4 Å². The van der Waals surface area contributed by atoms with Crippen molar-refractivity contribution in [2.75, 3.05) is 39.0 Å². The van der Waals surface area contributed by atoms with Gasteiger partial charge in [-0.3, -0.25) is 4.79 Å². The quantitative estimate of drug-likeness (QED) is 0.655. The van der Waals surface area contributed by atoms with Gasteiger partial charge in [0.25, 0.3) is 10.2 Å². The molecule has 1 heterocycles. The molecule has 1 aromatic carbocycles. The van der Waals surface area contributed by atoms with Crippen molar-refractivity contribution in [3.8, 4) is 0 Å². The lowest BCUT2D eigenvalue weighted by atomic mass is 9.96. The van der Waals surface area contributed by atoms with Crippen LogP contribution in [0, 0.1) is 6.92 Å². The van der Waals surface area contributed by atoms with E-state index < -0.39 is 10.2 Å². The molecule has 1 saturated carbocycles. The minimum atomic E-state index is -3.44. The van der Waals surface area contributed by atoms with Gasteiger partial charge < -0.3 is 4.90 Å². The molecule has 1 aromatic rings. The van der Waals surface area contributed by atoms with E-state index in [1.54, 1.807) is 32.3 Å². The fraction of sp³-hybridized carbons (Fsp3) is 0.667. The molecular formula is C21H33N3O3S2. The zero-order valence-corrected chi connectivity index (χ0v) is 19.2. The number of carbonyl (C=O) groups excluding carboxylic acids is 1. The average Bonchev–Trinajstić information content (AvgIpc) is 2.74. The zero-order chi connectivity index (χ0) is 20.9. The fourth-order valence-corrected chi connectivity index (χ4v) is 6.58. The number of piperazine rings is 1. The highest BCUT2D eigenvalue weighted by atomic mass is 32.2. The Labute approximate surface area is 179 Å². The van der Waals surface area contributed by atoms with Gasteiger partial charge >= 0.3 is 0 Å². The summed E-state index contributed by atoms with van der Waals surface area (Å²) in [5.74, 6) is 1.34. The van der Waals surface area contributed by atoms with Gasteiger partial charge in [-0.25, -0.2) is 0 Å². The summed E-state index contributed by atoms with van der Waals surface area (Å²) >= 11 is 1.62. The van der Waals surface area contributed by atoms with Crippen molar-refractivity contribution >= 4 is 27.9 Å². The van der Waals surface area contributed by atoms with E-state index in [1.165, 1.54) is 17.5 Å². The molecule has 1 amide bonds. The van der Waals surface area contributed by atoms with Crippen molar-refractivity contribution in [1.82, 2.24) is 13.5 Å². The molecule has 6 nitrogen and oxygen atoms in total. The Morgan fingerprint density at radius 3 is 2.48 bits per heavy atom. The summed E-state index contributed by atoms with van der Waals surface area (Å²) in [4.78, 5) is 14.3. The maximum Gasteiger partial charge on any atom is 0.282 e. The molecule has 1 aliphatic carbocycles. The maximum atomic E-state index is 13.0. The summed E-state index contributed by atoms with van der Waals surface area (Å²) in [6, 6.07) is 8.45. The van der Waals surface area contributed by atoms with E-state index in [4.69, 9.17) is 0 Å². The zero-order valence-electron chi connectivity index (χ0n) is 17.5. The number of carbonyl (C=O) groups is 1. The largest absolute Gasteiger partial charge is 0.339 e. The molecule has 3 rings (SSSR count). The summed E-state index contributed by atoms with van der Waals surface area (Å²) in [6.07, 6.45) is 5.31. The monoisotopic (exact) mass is 439 g/mol. The van der Waals surface area contributed by atoms with Crippen molar-refractivity contribution in [3.05, 3.63) is 35.4 Å².